The van der Waals surface area contributed by atoms with Crippen LogP contribution in [0, 0.1) is 0 Å². The maximum Gasteiger partial charge on any atom is 0.303 e. The number of nitrogens with zero attached hydrogens (tertiary/aromatic N) is 3. The lowest BCUT2D eigenvalue weighted by Gasteiger charge is -2.50. The van der Waals surface area contributed by atoms with Gasteiger partial charge in [0.1, 0.15) is 48.6 Å². The number of benzene rings is 2. The van der Waals surface area contributed by atoms with Crippen LogP contribution in [-0.2, 0) is 61.8 Å². The van der Waals surface area contributed by atoms with Gasteiger partial charge in [-0.3, -0.25) is 19.2 Å². The van der Waals surface area contributed by atoms with Crippen molar-refractivity contribution in [3.05, 3.63) is 70.6 Å². The molecule has 0 radical (unpaired) electrons. The van der Waals surface area contributed by atoms with Crippen LogP contribution in [0.4, 0.5) is 0 Å². The van der Waals surface area contributed by atoms with Crippen molar-refractivity contribution in [2.24, 2.45) is 5.11 Å². The third kappa shape index (κ3) is 9.47. The average Bonchev–Trinajstić information content (AvgIpc) is 3.11. The maximum absolute atomic E-state index is 12.5. The zero-order valence-electron chi connectivity index (χ0n) is 28.9. The first kappa shape index (κ1) is 38.3. The zero-order chi connectivity index (χ0) is 37.4. The quantitative estimate of drug-likeness (QED) is 0.101. The van der Waals surface area contributed by atoms with Gasteiger partial charge in [-0.05, 0) is 29.8 Å². The lowest BCUT2D eigenvalue weighted by atomic mass is 9.94. The van der Waals surface area contributed by atoms with E-state index in [1.807, 2.05) is 6.07 Å². The molecular formula is C34H39N3O15. The molecule has 3 saturated heterocycles. The third-order valence-corrected chi connectivity index (χ3v) is 8.12. The van der Waals surface area contributed by atoms with Gasteiger partial charge in [0.15, 0.2) is 30.9 Å². The molecule has 0 aromatic heterocycles. The van der Waals surface area contributed by atoms with E-state index in [9.17, 15) is 24.7 Å². The van der Waals surface area contributed by atoms with E-state index in [2.05, 4.69) is 10.0 Å². The molecular weight excluding hydrogens is 690 g/mol. The molecule has 0 spiro atoms. The van der Waals surface area contributed by atoms with Crippen LogP contribution >= 0.6 is 0 Å². The van der Waals surface area contributed by atoms with E-state index >= 15 is 0 Å². The average molecular weight is 730 g/mol. The van der Waals surface area contributed by atoms with Crippen molar-refractivity contribution in [3.63, 3.8) is 0 Å². The van der Waals surface area contributed by atoms with Gasteiger partial charge >= 0.3 is 23.9 Å². The van der Waals surface area contributed by atoms with Crippen molar-refractivity contribution in [2.75, 3.05) is 20.3 Å². The molecule has 3 fully saturated rings. The summed E-state index contributed by atoms with van der Waals surface area (Å²) in [4.78, 5) is 52.0. The highest BCUT2D eigenvalue weighted by Crippen LogP contribution is 2.40. The summed E-state index contributed by atoms with van der Waals surface area (Å²) in [6, 6.07) is 14.3. The Bertz CT molecular complexity index is 1600. The van der Waals surface area contributed by atoms with E-state index in [1.165, 1.54) is 7.11 Å². The number of rotatable bonds is 12. The highest BCUT2D eigenvalue weighted by Gasteiger charge is 2.57. The second kappa shape index (κ2) is 17.5. The standard InChI is InChI=1S/C34H39N3O15/c1-17(38)43-15-24-28(45-18(2)39)30(46-19(3)40)31(47-20(4)41)34(50-24)52-29-26(36-37-35)33(48-23-13-11-22(42-5)12-14-23)49-25-16-44-32(51-27(25)29)21-9-7-6-8-10-21/h6-14,24-34H,15-16H2,1-5H3/t24-,25+,26+,27+,28+,29+,30+,31-,32?,33+,34+/m0/s1. The van der Waals surface area contributed by atoms with Gasteiger partial charge < -0.3 is 52.1 Å². The van der Waals surface area contributed by atoms with Crippen LogP contribution in [0.15, 0.2) is 59.7 Å². The highest BCUT2D eigenvalue weighted by atomic mass is 16.8. The molecule has 2 aromatic rings. The first-order chi connectivity index (χ1) is 25.0. The molecule has 0 N–H and O–H groups in total. The molecule has 0 amide bonds. The third-order valence-electron chi connectivity index (χ3n) is 8.12. The summed E-state index contributed by atoms with van der Waals surface area (Å²) in [5, 5.41) is 3.99. The Balaban J connectivity index is 1.56. The van der Waals surface area contributed by atoms with Gasteiger partial charge in [0.05, 0.1) is 13.7 Å². The Morgan fingerprint density at radius 2 is 1.40 bits per heavy atom. The SMILES string of the molecule is COc1ccc(O[C@@H]2O[C@@H]3COC(c4ccccc4)O[C@H]3[C@H](O[C@H]3O[C@@H](COC(C)=O)[C@@H](OC(C)=O)[C@@H](OC(C)=O)[C@@H]3OC(C)=O)[C@H]2N=[N+]=[N-])cc1. The van der Waals surface area contributed by atoms with Crippen LogP contribution in [0.2, 0.25) is 0 Å². The molecule has 0 saturated carbocycles. The molecule has 52 heavy (non-hydrogen) atoms. The van der Waals surface area contributed by atoms with Crippen molar-refractivity contribution < 1.29 is 71.3 Å². The number of carbonyl (C=O) groups is 4. The molecule has 5 rings (SSSR count). The minimum atomic E-state index is -1.64. The van der Waals surface area contributed by atoms with Crippen LogP contribution in [0.3, 0.4) is 0 Å². The number of ether oxygens (including phenoxy) is 11. The number of azide groups is 1. The number of carbonyl (C=O) groups excluding carboxylic acids is 4. The molecule has 3 heterocycles. The van der Waals surface area contributed by atoms with Crippen molar-refractivity contribution >= 4 is 23.9 Å². The van der Waals surface area contributed by atoms with E-state index in [0.29, 0.717) is 17.1 Å². The van der Waals surface area contributed by atoms with E-state index in [4.69, 9.17) is 52.1 Å². The minimum absolute atomic E-state index is 0.0197. The number of hydrogen-bond acceptors (Lipinski definition) is 16. The van der Waals surface area contributed by atoms with E-state index in [0.717, 1.165) is 27.7 Å². The van der Waals surface area contributed by atoms with Gasteiger partial charge in [-0.15, -0.1) is 0 Å². The lowest BCUT2D eigenvalue weighted by Crippen LogP contribution is -2.67. The summed E-state index contributed by atoms with van der Waals surface area (Å²) >= 11 is 0. The van der Waals surface area contributed by atoms with Crippen molar-refractivity contribution in [1.82, 2.24) is 0 Å². The fourth-order valence-electron chi connectivity index (χ4n) is 6.02. The van der Waals surface area contributed by atoms with E-state index in [1.54, 1.807) is 48.5 Å². The van der Waals surface area contributed by atoms with Crippen LogP contribution in [0.25, 0.3) is 10.4 Å². The normalized spacial score (nSPS) is 31.1. The molecule has 0 bridgehead atoms. The van der Waals surface area contributed by atoms with Crippen LogP contribution in [-0.4, -0.2) is 106 Å². The summed E-state index contributed by atoms with van der Waals surface area (Å²) < 4.78 is 64.7. The summed E-state index contributed by atoms with van der Waals surface area (Å²) in [6.45, 7) is 3.97. The Hall–Kier alpha value is -4.97. The second-order valence-electron chi connectivity index (χ2n) is 11.9. The van der Waals surface area contributed by atoms with E-state index < -0.39 is 98.1 Å². The van der Waals surface area contributed by atoms with Gasteiger partial charge in [0, 0.05) is 38.2 Å². The summed E-state index contributed by atoms with van der Waals surface area (Å²) in [6.07, 6.45) is -12.8. The topological polar surface area (TPSA) is 219 Å². The van der Waals surface area contributed by atoms with Gasteiger partial charge in [0.2, 0.25) is 6.29 Å². The summed E-state index contributed by atoms with van der Waals surface area (Å²) in [7, 11) is 1.51. The Morgan fingerprint density at radius 3 is 2.02 bits per heavy atom. The molecule has 0 aliphatic carbocycles. The molecule has 280 valence electrons. The fraction of sp³-hybridized carbons (Fsp3) is 0.529. The molecule has 18 heteroatoms. The highest BCUT2D eigenvalue weighted by molar-refractivity contribution is 5.68. The molecule has 2 aromatic carbocycles. The molecule has 11 atom stereocenters. The van der Waals surface area contributed by atoms with Gasteiger partial charge in [-0.1, -0.05) is 35.4 Å². The second-order valence-corrected chi connectivity index (χ2v) is 11.9. The summed E-state index contributed by atoms with van der Waals surface area (Å²) in [5.41, 5.74) is 10.4. The monoisotopic (exact) mass is 729 g/mol. The van der Waals surface area contributed by atoms with Crippen LogP contribution in [0.5, 0.6) is 11.5 Å². The van der Waals surface area contributed by atoms with Crippen molar-refractivity contribution in [3.8, 4) is 11.5 Å². The number of methoxy groups -OCH3 is 1. The van der Waals surface area contributed by atoms with Gasteiger partial charge in [-0.2, -0.15) is 0 Å². The van der Waals surface area contributed by atoms with Gasteiger partial charge in [-0.25, -0.2) is 0 Å². The maximum atomic E-state index is 12.5. The molecule has 1 unspecified atom stereocenters. The van der Waals surface area contributed by atoms with Crippen molar-refractivity contribution in [2.45, 2.75) is 95.3 Å². The first-order valence-corrected chi connectivity index (χ1v) is 16.3. The Morgan fingerprint density at radius 1 is 0.769 bits per heavy atom. The smallest absolute Gasteiger partial charge is 0.303 e. The first-order valence-electron chi connectivity index (χ1n) is 16.3. The van der Waals surface area contributed by atoms with Crippen molar-refractivity contribution in [1.29, 1.82) is 0 Å². The number of esters is 4. The van der Waals surface area contributed by atoms with Gasteiger partial charge in [0.25, 0.3) is 0 Å². The minimum Gasteiger partial charge on any atom is -0.497 e. The number of fused-ring (bicyclic) bond motifs is 1. The fourth-order valence-corrected chi connectivity index (χ4v) is 6.02. The van der Waals surface area contributed by atoms with Crippen LogP contribution in [0.1, 0.15) is 39.5 Å². The Kier molecular flexibility index (Phi) is 12.9. The Labute approximate surface area is 298 Å². The van der Waals surface area contributed by atoms with Crippen LogP contribution < -0.4 is 9.47 Å². The molecule has 3 aliphatic rings. The molecule has 3 aliphatic heterocycles. The predicted molar refractivity (Wildman–Crippen MR) is 172 cm³/mol. The largest absolute Gasteiger partial charge is 0.497 e. The lowest BCUT2D eigenvalue weighted by molar-refractivity contribution is -0.370. The predicted octanol–water partition coefficient (Wildman–Crippen LogP) is 3.06. The zero-order valence-corrected chi connectivity index (χ0v) is 28.9. The number of hydrogen-bond donors (Lipinski definition) is 0. The van der Waals surface area contributed by atoms with E-state index in [-0.39, 0.29) is 6.61 Å². The molecule has 18 nitrogen and oxygen atoms in total. The summed E-state index contributed by atoms with van der Waals surface area (Å²) in [5.74, 6) is -2.25.